The van der Waals surface area contributed by atoms with Crippen LogP contribution in [0.3, 0.4) is 0 Å². The number of H-pyrrole nitrogens is 1. The van der Waals surface area contributed by atoms with Gasteiger partial charge >= 0.3 is 0 Å². The number of rotatable bonds is 4. The fraction of sp³-hybridized carbons (Fsp3) is 0.143. The highest BCUT2D eigenvalue weighted by Gasteiger charge is 2.37. The second kappa shape index (κ2) is 11.4. The van der Waals surface area contributed by atoms with Gasteiger partial charge in [0.1, 0.15) is 0 Å². The molecule has 1 nitrogen and oxygen atoms in total. The van der Waals surface area contributed by atoms with Crippen LogP contribution < -0.4 is 0 Å². The maximum atomic E-state index is 3.99. The average Bonchev–Trinajstić information content (AvgIpc) is 3.53. The van der Waals surface area contributed by atoms with E-state index in [0.717, 1.165) is 5.52 Å². The lowest BCUT2D eigenvalue weighted by atomic mass is 9.82. The van der Waals surface area contributed by atoms with E-state index in [1.165, 1.54) is 71.9 Å². The second-order valence-corrected chi connectivity index (χ2v) is 11.5. The Morgan fingerprint density at radius 3 is 2.07 bits per heavy atom. The molecular weight excluding hydrogens is 518 g/mol. The van der Waals surface area contributed by atoms with Gasteiger partial charge in [-0.3, -0.25) is 0 Å². The van der Waals surface area contributed by atoms with Crippen LogP contribution in [0.5, 0.6) is 0 Å². The van der Waals surface area contributed by atoms with Crippen LogP contribution >= 0.6 is 0 Å². The number of hydrogen-bond acceptors (Lipinski definition) is 0. The van der Waals surface area contributed by atoms with E-state index < -0.39 is 0 Å². The Kier molecular flexibility index (Phi) is 7.50. The molecule has 1 aliphatic rings. The lowest BCUT2D eigenvalue weighted by Crippen LogP contribution is -2.14. The lowest BCUT2D eigenvalue weighted by molar-refractivity contribution is 0.660. The summed E-state index contributed by atoms with van der Waals surface area (Å²) in [6.45, 7) is 14.8. The molecule has 0 aliphatic heterocycles. The van der Waals surface area contributed by atoms with Crippen LogP contribution in [0.4, 0.5) is 0 Å². The summed E-state index contributed by atoms with van der Waals surface area (Å²) in [7, 11) is 0. The third-order valence-corrected chi connectivity index (χ3v) is 8.77. The fourth-order valence-corrected chi connectivity index (χ4v) is 6.77. The quantitative estimate of drug-likeness (QED) is 0.222. The van der Waals surface area contributed by atoms with Gasteiger partial charge in [0, 0.05) is 27.3 Å². The van der Waals surface area contributed by atoms with Gasteiger partial charge in [0.2, 0.25) is 0 Å². The highest BCUT2D eigenvalue weighted by atomic mass is 14.7. The minimum Gasteiger partial charge on any atom is -0.354 e. The smallest absolute Gasteiger partial charge is 0.0544 e. The SMILES string of the molecule is C=C/C=C1\C(=C/C)C(C)(C)c2ccc(-c3cccc(-c4cccc5c4[nH]c4ccc(-c6ccccc6)cc45)c3)cc21.CC. The Morgan fingerprint density at radius 1 is 0.628 bits per heavy atom. The Balaban J connectivity index is 0.00000161. The zero-order valence-corrected chi connectivity index (χ0v) is 25.8. The highest BCUT2D eigenvalue weighted by Crippen LogP contribution is 2.50. The number of benzene rings is 5. The van der Waals surface area contributed by atoms with Gasteiger partial charge in [-0.1, -0.05) is 137 Å². The zero-order valence-electron chi connectivity index (χ0n) is 25.8. The highest BCUT2D eigenvalue weighted by molar-refractivity contribution is 6.13. The first kappa shape index (κ1) is 28.2. The average molecular weight is 558 g/mol. The maximum absolute atomic E-state index is 3.99. The molecule has 0 atom stereocenters. The predicted molar refractivity (Wildman–Crippen MR) is 188 cm³/mol. The Morgan fingerprint density at radius 2 is 1.30 bits per heavy atom. The van der Waals surface area contributed by atoms with Gasteiger partial charge < -0.3 is 4.98 Å². The lowest BCUT2D eigenvalue weighted by Gasteiger charge is -2.21. The molecule has 0 amide bonds. The van der Waals surface area contributed by atoms with Crippen LogP contribution in [0.25, 0.3) is 60.8 Å². The fourth-order valence-electron chi connectivity index (χ4n) is 6.77. The van der Waals surface area contributed by atoms with E-state index >= 15 is 0 Å². The van der Waals surface area contributed by atoms with Gasteiger partial charge in [-0.25, -0.2) is 0 Å². The van der Waals surface area contributed by atoms with Gasteiger partial charge in [-0.2, -0.15) is 0 Å². The topological polar surface area (TPSA) is 15.8 Å². The molecule has 0 fully saturated rings. The molecule has 5 aromatic carbocycles. The third kappa shape index (κ3) is 4.76. The minimum absolute atomic E-state index is 0.0229. The van der Waals surface area contributed by atoms with Gasteiger partial charge in [0.15, 0.2) is 0 Å². The van der Waals surface area contributed by atoms with E-state index in [2.05, 4.69) is 154 Å². The summed E-state index contributed by atoms with van der Waals surface area (Å²) >= 11 is 0. The molecule has 1 heteroatoms. The molecule has 43 heavy (non-hydrogen) atoms. The molecule has 1 aromatic heterocycles. The van der Waals surface area contributed by atoms with Crippen molar-refractivity contribution >= 4 is 27.4 Å². The van der Waals surface area contributed by atoms with Crippen molar-refractivity contribution in [2.45, 2.75) is 40.0 Å². The molecule has 212 valence electrons. The summed E-state index contributed by atoms with van der Waals surface area (Å²) in [6.07, 6.45) is 6.31. The Hall–Kier alpha value is -4.88. The Bertz CT molecular complexity index is 2030. The van der Waals surface area contributed by atoms with Crippen molar-refractivity contribution in [1.29, 1.82) is 0 Å². The summed E-state index contributed by atoms with van der Waals surface area (Å²) < 4.78 is 0. The van der Waals surface area contributed by atoms with Crippen molar-refractivity contribution < 1.29 is 0 Å². The molecular formula is C42H39N. The predicted octanol–water partition coefficient (Wildman–Crippen LogP) is 12.2. The molecule has 7 rings (SSSR count). The summed E-state index contributed by atoms with van der Waals surface area (Å²) in [6, 6.07) is 39.8. The molecule has 0 unspecified atom stereocenters. The monoisotopic (exact) mass is 557 g/mol. The number of para-hydroxylation sites is 1. The van der Waals surface area contributed by atoms with Gasteiger partial charge in [-0.15, -0.1) is 0 Å². The molecule has 6 aromatic rings. The van der Waals surface area contributed by atoms with Crippen LogP contribution in [0, 0.1) is 0 Å². The van der Waals surface area contributed by atoms with Crippen molar-refractivity contribution in [3.05, 3.63) is 151 Å². The van der Waals surface area contributed by atoms with Gasteiger partial charge in [0.25, 0.3) is 0 Å². The molecule has 1 heterocycles. The zero-order chi connectivity index (χ0) is 30.1. The number of aromatic nitrogens is 1. The van der Waals surface area contributed by atoms with Crippen LogP contribution in [0.15, 0.2) is 140 Å². The summed E-state index contributed by atoms with van der Waals surface area (Å²) in [4.78, 5) is 3.73. The third-order valence-electron chi connectivity index (χ3n) is 8.77. The van der Waals surface area contributed by atoms with Crippen molar-refractivity contribution in [1.82, 2.24) is 4.98 Å². The summed E-state index contributed by atoms with van der Waals surface area (Å²) in [5, 5.41) is 2.50. The van der Waals surface area contributed by atoms with E-state index in [-0.39, 0.29) is 5.41 Å². The maximum Gasteiger partial charge on any atom is 0.0544 e. The molecule has 1 aliphatic carbocycles. The molecule has 0 spiro atoms. The number of nitrogens with one attached hydrogen (secondary N) is 1. The standard InChI is InChI=1S/C40H33N.C2H6/c1-5-12-32-34-24-29(19-21-37(34)40(3,4)36(32)6-2)27-15-10-16-30(23-27)31-17-11-18-33-35-25-28(26-13-8-7-9-14-26)20-22-38(35)41-39(31)33;1-2/h5-25,41H,1H2,2-4H3;1-2H3/b32-12-,36-6+;. The Labute approximate surface area is 255 Å². The van der Waals surface area contributed by atoms with E-state index in [0.29, 0.717) is 0 Å². The van der Waals surface area contributed by atoms with E-state index in [1.54, 1.807) is 0 Å². The van der Waals surface area contributed by atoms with Gasteiger partial charge in [0.05, 0.1) is 5.52 Å². The largest absolute Gasteiger partial charge is 0.354 e. The number of aromatic amines is 1. The van der Waals surface area contributed by atoms with E-state index in [1.807, 2.05) is 19.9 Å². The van der Waals surface area contributed by atoms with Crippen LogP contribution in [-0.4, -0.2) is 4.98 Å². The molecule has 0 radical (unpaired) electrons. The van der Waals surface area contributed by atoms with Crippen LogP contribution in [0.2, 0.25) is 0 Å². The first-order chi connectivity index (χ1) is 21.0. The molecule has 0 saturated carbocycles. The molecule has 1 N–H and O–H groups in total. The number of fused-ring (bicyclic) bond motifs is 4. The molecule has 0 bridgehead atoms. The summed E-state index contributed by atoms with van der Waals surface area (Å²) in [5.74, 6) is 0. The van der Waals surface area contributed by atoms with Crippen LogP contribution in [-0.2, 0) is 5.41 Å². The van der Waals surface area contributed by atoms with Crippen LogP contribution in [0.1, 0.15) is 45.7 Å². The molecule has 0 saturated heterocycles. The number of allylic oxidation sites excluding steroid dienone is 5. The second-order valence-electron chi connectivity index (χ2n) is 11.5. The van der Waals surface area contributed by atoms with Crippen molar-refractivity contribution in [3.63, 3.8) is 0 Å². The minimum atomic E-state index is -0.0229. The van der Waals surface area contributed by atoms with Crippen molar-refractivity contribution in [2.75, 3.05) is 0 Å². The van der Waals surface area contributed by atoms with Crippen molar-refractivity contribution in [2.24, 2.45) is 0 Å². The first-order valence-electron chi connectivity index (χ1n) is 15.3. The number of hydrogen-bond donors (Lipinski definition) is 1. The normalized spacial score (nSPS) is 15.5. The summed E-state index contributed by atoms with van der Waals surface area (Å²) in [5.41, 5.74) is 15.0. The van der Waals surface area contributed by atoms with E-state index in [4.69, 9.17) is 0 Å². The van der Waals surface area contributed by atoms with Gasteiger partial charge in [-0.05, 0) is 81.3 Å². The first-order valence-corrected chi connectivity index (χ1v) is 15.3. The van der Waals surface area contributed by atoms with E-state index in [9.17, 15) is 0 Å². The van der Waals surface area contributed by atoms with Crippen molar-refractivity contribution in [3.8, 4) is 33.4 Å².